The van der Waals surface area contributed by atoms with Crippen LogP contribution in [0.3, 0.4) is 0 Å². The van der Waals surface area contributed by atoms with Gasteiger partial charge in [-0.15, -0.1) is 11.3 Å². The van der Waals surface area contributed by atoms with Crippen molar-refractivity contribution in [3.8, 4) is 0 Å². The Hall–Kier alpha value is -0.360. The number of carbonyl (C=O) groups is 1. The Balaban J connectivity index is 2.22. The van der Waals surface area contributed by atoms with Gasteiger partial charge in [0.15, 0.2) is 5.76 Å². The molecule has 4 heteroatoms. The van der Waals surface area contributed by atoms with Crippen LogP contribution in [0.4, 0.5) is 0 Å². The normalized spacial score (nSPS) is 15.3. The average molecular weight is 306 g/mol. The van der Waals surface area contributed by atoms with Crippen LogP contribution in [0, 0.1) is 2.88 Å². The molecule has 0 N–H and O–H groups in total. The van der Waals surface area contributed by atoms with Crippen LogP contribution in [0.5, 0.6) is 0 Å². The SMILES string of the molecule is O=C(C1=CCCO1)c1csc(I)c1. The van der Waals surface area contributed by atoms with Crippen molar-refractivity contribution in [2.45, 2.75) is 6.42 Å². The van der Waals surface area contributed by atoms with Crippen molar-refractivity contribution in [3.05, 3.63) is 31.7 Å². The molecule has 2 nitrogen and oxygen atoms in total. The second kappa shape index (κ2) is 3.79. The molecule has 0 spiro atoms. The molecular formula is C9H7IO2S. The number of ketones is 1. The first-order valence-electron chi connectivity index (χ1n) is 3.89. The highest BCUT2D eigenvalue weighted by molar-refractivity contribution is 14.1. The minimum absolute atomic E-state index is 0.0108. The van der Waals surface area contributed by atoms with Crippen molar-refractivity contribution >= 4 is 39.7 Å². The molecule has 1 aromatic heterocycles. The number of halogens is 1. The molecule has 0 saturated heterocycles. The summed E-state index contributed by atoms with van der Waals surface area (Å²) in [4.78, 5) is 11.7. The third-order valence-electron chi connectivity index (χ3n) is 1.76. The predicted molar refractivity (Wildman–Crippen MR) is 60.0 cm³/mol. The molecule has 1 aliphatic rings. The second-order valence-corrected chi connectivity index (χ2v) is 5.48. The zero-order valence-electron chi connectivity index (χ0n) is 6.75. The molecule has 0 aliphatic carbocycles. The fourth-order valence-electron chi connectivity index (χ4n) is 1.15. The van der Waals surface area contributed by atoms with Gasteiger partial charge in [0.1, 0.15) is 0 Å². The number of hydrogen-bond donors (Lipinski definition) is 0. The highest BCUT2D eigenvalue weighted by Gasteiger charge is 2.17. The van der Waals surface area contributed by atoms with Crippen molar-refractivity contribution in [3.63, 3.8) is 0 Å². The summed E-state index contributed by atoms with van der Waals surface area (Å²) < 4.78 is 6.32. The second-order valence-electron chi connectivity index (χ2n) is 2.67. The standard InChI is InChI=1S/C9H7IO2S/c10-8-4-6(5-13-8)9(11)7-2-1-3-12-7/h2,4-5H,1,3H2. The Kier molecular flexibility index (Phi) is 2.69. The number of ether oxygens (including phenoxy) is 1. The molecule has 2 heterocycles. The molecule has 0 fully saturated rings. The lowest BCUT2D eigenvalue weighted by molar-refractivity contribution is 0.0943. The molecule has 13 heavy (non-hydrogen) atoms. The minimum atomic E-state index is 0.0108. The average Bonchev–Trinajstić information content (AvgIpc) is 2.72. The van der Waals surface area contributed by atoms with Crippen molar-refractivity contribution < 1.29 is 9.53 Å². The highest BCUT2D eigenvalue weighted by Crippen LogP contribution is 2.21. The molecule has 0 radical (unpaired) electrons. The van der Waals surface area contributed by atoms with Crippen LogP contribution in [0.2, 0.25) is 0 Å². The predicted octanol–water partition coefficient (Wildman–Crippen LogP) is 2.84. The molecule has 0 unspecified atom stereocenters. The number of hydrogen-bond acceptors (Lipinski definition) is 3. The first kappa shape index (κ1) is 9.21. The number of Topliss-reactive ketones (excluding diaryl/α,β-unsaturated/α-hetero) is 1. The van der Waals surface area contributed by atoms with Gasteiger partial charge in [0, 0.05) is 17.4 Å². The Bertz CT molecular complexity index is 367. The smallest absolute Gasteiger partial charge is 0.228 e. The lowest BCUT2D eigenvalue weighted by Crippen LogP contribution is -2.02. The summed E-state index contributed by atoms with van der Waals surface area (Å²) in [5, 5.41) is 1.87. The minimum Gasteiger partial charge on any atom is -0.489 e. The fourth-order valence-corrected chi connectivity index (χ4v) is 2.47. The van der Waals surface area contributed by atoms with Gasteiger partial charge in [-0.3, -0.25) is 4.79 Å². The van der Waals surface area contributed by atoms with Crippen LogP contribution >= 0.6 is 33.9 Å². The molecule has 1 aromatic rings. The lowest BCUT2D eigenvalue weighted by Gasteiger charge is -1.99. The van der Waals surface area contributed by atoms with E-state index >= 15 is 0 Å². The van der Waals surface area contributed by atoms with E-state index in [1.165, 1.54) is 0 Å². The Morgan fingerprint density at radius 3 is 3.00 bits per heavy atom. The molecule has 0 bridgehead atoms. The van der Waals surface area contributed by atoms with E-state index in [0.29, 0.717) is 12.4 Å². The first-order valence-corrected chi connectivity index (χ1v) is 5.85. The van der Waals surface area contributed by atoms with Crippen LogP contribution < -0.4 is 0 Å². The van der Waals surface area contributed by atoms with Gasteiger partial charge in [0.05, 0.1) is 9.49 Å². The number of allylic oxidation sites excluding steroid dienone is 1. The number of rotatable bonds is 2. The van der Waals surface area contributed by atoms with E-state index in [4.69, 9.17) is 4.74 Å². The van der Waals surface area contributed by atoms with E-state index in [9.17, 15) is 4.79 Å². The quantitative estimate of drug-likeness (QED) is 0.620. The molecule has 0 atom stereocenters. The summed E-state index contributed by atoms with van der Waals surface area (Å²) in [6.07, 6.45) is 2.70. The van der Waals surface area contributed by atoms with Gasteiger partial charge >= 0.3 is 0 Å². The van der Waals surface area contributed by atoms with Crippen molar-refractivity contribution in [1.82, 2.24) is 0 Å². The maximum absolute atomic E-state index is 11.7. The lowest BCUT2D eigenvalue weighted by atomic mass is 10.2. The summed E-state index contributed by atoms with van der Waals surface area (Å²) in [5.41, 5.74) is 0.738. The molecule has 0 saturated carbocycles. The van der Waals surface area contributed by atoms with Gasteiger partial charge in [0.2, 0.25) is 5.78 Å². The topological polar surface area (TPSA) is 26.3 Å². The molecule has 0 aromatic carbocycles. The first-order chi connectivity index (χ1) is 6.27. The molecule has 1 aliphatic heterocycles. The van der Waals surface area contributed by atoms with Crippen molar-refractivity contribution in [2.24, 2.45) is 0 Å². The van der Waals surface area contributed by atoms with Crippen molar-refractivity contribution in [2.75, 3.05) is 6.61 Å². The largest absolute Gasteiger partial charge is 0.489 e. The van der Waals surface area contributed by atoms with Gasteiger partial charge in [-0.05, 0) is 34.7 Å². The van der Waals surface area contributed by atoms with E-state index < -0.39 is 0 Å². The third kappa shape index (κ3) is 1.94. The summed E-state index contributed by atoms with van der Waals surface area (Å²) in [6, 6.07) is 1.88. The highest BCUT2D eigenvalue weighted by atomic mass is 127. The van der Waals surface area contributed by atoms with E-state index in [0.717, 1.165) is 14.9 Å². The maximum atomic E-state index is 11.7. The van der Waals surface area contributed by atoms with Gasteiger partial charge in [-0.2, -0.15) is 0 Å². The molecular weight excluding hydrogens is 299 g/mol. The molecule has 0 amide bonds. The zero-order chi connectivity index (χ0) is 9.26. The summed E-state index contributed by atoms with van der Waals surface area (Å²) in [6.45, 7) is 0.641. The van der Waals surface area contributed by atoms with Gasteiger partial charge in [0.25, 0.3) is 0 Å². The van der Waals surface area contributed by atoms with E-state index in [1.54, 1.807) is 11.3 Å². The summed E-state index contributed by atoms with van der Waals surface area (Å²) in [7, 11) is 0. The van der Waals surface area contributed by atoms with E-state index in [2.05, 4.69) is 22.6 Å². The fraction of sp³-hybridized carbons (Fsp3) is 0.222. The van der Waals surface area contributed by atoms with Crippen LogP contribution in [-0.4, -0.2) is 12.4 Å². The number of thiophene rings is 1. The maximum Gasteiger partial charge on any atom is 0.228 e. The Morgan fingerprint density at radius 1 is 1.62 bits per heavy atom. The monoisotopic (exact) mass is 306 g/mol. The van der Waals surface area contributed by atoms with Gasteiger partial charge < -0.3 is 4.74 Å². The Labute approximate surface area is 93.7 Å². The van der Waals surface area contributed by atoms with Crippen LogP contribution in [0.1, 0.15) is 16.8 Å². The van der Waals surface area contributed by atoms with Crippen LogP contribution in [0.25, 0.3) is 0 Å². The molecule has 68 valence electrons. The molecule has 2 rings (SSSR count). The number of carbonyl (C=O) groups excluding carboxylic acids is 1. The summed E-state index contributed by atoms with van der Waals surface area (Å²) >= 11 is 3.78. The van der Waals surface area contributed by atoms with Crippen molar-refractivity contribution in [1.29, 1.82) is 0 Å². The third-order valence-corrected chi connectivity index (χ3v) is 3.55. The summed E-state index contributed by atoms with van der Waals surface area (Å²) in [5.74, 6) is 0.519. The Morgan fingerprint density at radius 2 is 2.46 bits per heavy atom. The van der Waals surface area contributed by atoms with E-state index in [1.807, 2.05) is 17.5 Å². The zero-order valence-corrected chi connectivity index (χ0v) is 9.72. The van der Waals surface area contributed by atoms with Crippen LogP contribution in [0.15, 0.2) is 23.3 Å². The van der Waals surface area contributed by atoms with Gasteiger partial charge in [-0.1, -0.05) is 0 Å². The van der Waals surface area contributed by atoms with Gasteiger partial charge in [-0.25, -0.2) is 0 Å². The van der Waals surface area contributed by atoms with E-state index in [-0.39, 0.29) is 5.78 Å². The van der Waals surface area contributed by atoms with Crippen LogP contribution in [-0.2, 0) is 4.74 Å².